The van der Waals surface area contributed by atoms with Gasteiger partial charge in [0.1, 0.15) is 0 Å². The Bertz CT molecular complexity index is 1360. The van der Waals surface area contributed by atoms with Gasteiger partial charge < -0.3 is 5.32 Å². The third-order valence-electron chi connectivity index (χ3n) is 6.61. The van der Waals surface area contributed by atoms with Gasteiger partial charge in [-0.3, -0.25) is 9.78 Å². The lowest BCUT2D eigenvalue weighted by molar-refractivity contribution is 0.0939. The first-order valence-electron chi connectivity index (χ1n) is 11.9. The van der Waals surface area contributed by atoms with Crippen LogP contribution in [0.3, 0.4) is 0 Å². The monoisotopic (exact) mass is 450 g/mol. The molecule has 0 bridgehead atoms. The van der Waals surface area contributed by atoms with E-state index >= 15 is 0 Å². The molecule has 1 amide bonds. The third-order valence-corrected chi connectivity index (χ3v) is 6.61. The smallest absolute Gasteiger partial charge is 0.255 e. The Balaban J connectivity index is 1.30. The minimum atomic E-state index is -0.111. The number of rotatable bonds is 6. The molecule has 1 atom stereocenters. The minimum absolute atomic E-state index is 0.0469. The zero-order valence-electron chi connectivity index (χ0n) is 19.1. The Hall–Kier alpha value is -3.87. The van der Waals surface area contributed by atoms with Crippen LogP contribution in [0.4, 0.5) is 0 Å². The van der Waals surface area contributed by atoms with E-state index in [0.29, 0.717) is 23.9 Å². The van der Waals surface area contributed by atoms with Gasteiger partial charge in [-0.2, -0.15) is 5.10 Å². The van der Waals surface area contributed by atoms with Crippen LogP contribution in [0.15, 0.2) is 61.1 Å². The van der Waals surface area contributed by atoms with Gasteiger partial charge in [-0.05, 0) is 55.9 Å². The van der Waals surface area contributed by atoms with Crippen molar-refractivity contribution in [2.75, 3.05) is 0 Å². The molecular weight excluding hydrogens is 424 g/mol. The number of hydrogen-bond acceptors (Lipinski definition) is 5. The van der Waals surface area contributed by atoms with Crippen molar-refractivity contribution < 1.29 is 4.79 Å². The van der Waals surface area contributed by atoms with Crippen LogP contribution in [0.2, 0.25) is 0 Å². The van der Waals surface area contributed by atoms with E-state index in [1.165, 1.54) is 5.56 Å². The summed E-state index contributed by atoms with van der Waals surface area (Å²) in [6, 6.07) is 14.2. The van der Waals surface area contributed by atoms with Crippen LogP contribution in [0, 0.1) is 0 Å². The van der Waals surface area contributed by atoms with Gasteiger partial charge in [-0.25, -0.2) is 14.6 Å². The summed E-state index contributed by atoms with van der Waals surface area (Å²) in [4.78, 5) is 27.2. The first-order chi connectivity index (χ1) is 16.7. The number of pyridine rings is 1. The summed E-state index contributed by atoms with van der Waals surface area (Å²) < 4.78 is 1.77. The minimum Gasteiger partial charge on any atom is -0.349 e. The Morgan fingerprint density at radius 1 is 1.06 bits per heavy atom. The summed E-state index contributed by atoms with van der Waals surface area (Å²) >= 11 is 0. The lowest BCUT2D eigenvalue weighted by Crippen LogP contribution is -2.34. The number of carbonyl (C=O) groups excluding carboxylic acids is 1. The van der Waals surface area contributed by atoms with E-state index in [4.69, 9.17) is 4.98 Å². The van der Waals surface area contributed by atoms with Gasteiger partial charge in [0.25, 0.3) is 11.9 Å². The maximum atomic E-state index is 13.2. The molecule has 1 N–H and O–H groups in total. The van der Waals surface area contributed by atoms with Crippen LogP contribution < -0.4 is 5.32 Å². The van der Waals surface area contributed by atoms with Crippen molar-refractivity contribution in [3.63, 3.8) is 0 Å². The molecule has 1 aromatic carbocycles. The van der Waals surface area contributed by atoms with Crippen LogP contribution in [0.1, 0.15) is 58.6 Å². The number of carbonyl (C=O) groups is 1. The van der Waals surface area contributed by atoms with Gasteiger partial charge in [0, 0.05) is 42.0 Å². The second kappa shape index (κ2) is 8.48. The quantitative estimate of drug-likeness (QED) is 0.479. The molecule has 1 unspecified atom stereocenters. The first kappa shape index (κ1) is 20.7. The maximum absolute atomic E-state index is 13.2. The molecule has 170 valence electrons. The summed E-state index contributed by atoms with van der Waals surface area (Å²) in [6.07, 6.45) is 10.0. The van der Waals surface area contributed by atoms with Crippen LogP contribution in [0.25, 0.3) is 17.2 Å². The molecule has 0 spiro atoms. The SMILES string of the molecule is CC(Cc1ccccn1)NC(=O)c1cnn(-c2ncc3c(n2)-c2ccccc2CC3)c1C1CC1. The predicted molar refractivity (Wildman–Crippen MR) is 129 cm³/mol. The topological polar surface area (TPSA) is 85.6 Å². The van der Waals surface area contributed by atoms with Crippen molar-refractivity contribution in [3.05, 3.63) is 89.1 Å². The number of benzene rings is 1. The molecular formula is C27H26N6O. The van der Waals surface area contributed by atoms with Crippen molar-refractivity contribution in [3.8, 4) is 17.2 Å². The molecule has 1 saturated carbocycles. The highest BCUT2D eigenvalue weighted by molar-refractivity contribution is 5.95. The lowest BCUT2D eigenvalue weighted by atomic mass is 9.90. The average Bonchev–Trinajstić information content (AvgIpc) is 3.61. The summed E-state index contributed by atoms with van der Waals surface area (Å²) in [5.41, 5.74) is 7.07. The van der Waals surface area contributed by atoms with Gasteiger partial charge in [0.2, 0.25) is 0 Å². The van der Waals surface area contributed by atoms with Gasteiger partial charge in [0.15, 0.2) is 0 Å². The van der Waals surface area contributed by atoms with E-state index in [1.54, 1.807) is 17.1 Å². The second-order valence-electron chi connectivity index (χ2n) is 9.23. The molecule has 4 aromatic rings. The summed E-state index contributed by atoms with van der Waals surface area (Å²) in [5.74, 6) is 0.721. The average molecular weight is 451 g/mol. The molecule has 0 aliphatic heterocycles. The molecule has 3 heterocycles. The Labute approximate surface area is 198 Å². The number of amides is 1. The van der Waals surface area contributed by atoms with Crippen LogP contribution in [0.5, 0.6) is 0 Å². The Morgan fingerprint density at radius 3 is 2.71 bits per heavy atom. The highest BCUT2D eigenvalue weighted by Crippen LogP contribution is 2.42. The van der Waals surface area contributed by atoms with Crippen LogP contribution in [-0.2, 0) is 19.3 Å². The summed E-state index contributed by atoms with van der Waals surface area (Å²) in [7, 11) is 0. The zero-order chi connectivity index (χ0) is 23.1. The van der Waals surface area contributed by atoms with E-state index in [9.17, 15) is 4.79 Å². The van der Waals surface area contributed by atoms with Crippen molar-refractivity contribution in [2.45, 2.75) is 51.0 Å². The molecule has 2 aliphatic rings. The molecule has 2 aliphatic carbocycles. The normalized spacial score (nSPS) is 15.3. The van der Waals surface area contributed by atoms with Crippen molar-refractivity contribution in [2.24, 2.45) is 0 Å². The number of aryl methyl sites for hydroxylation is 2. The van der Waals surface area contributed by atoms with Crippen LogP contribution in [-0.4, -0.2) is 36.7 Å². The summed E-state index contributed by atoms with van der Waals surface area (Å²) in [6.45, 7) is 2.00. The number of nitrogens with one attached hydrogen (secondary N) is 1. The zero-order valence-corrected chi connectivity index (χ0v) is 19.1. The van der Waals surface area contributed by atoms with E-state index in [0.717, 1.165) is 53.9 Å². The maximum Gasteiger partial charge on any atom is 0.255 e. The standard InChI is InChI=1S/C27H26N6O/c1-17(14-21-7-4-5-13-28-21)31-26(34)23-16-30-33(25(23)19-10-11-19)27-29-15-20-12-9-18-6-2-3-8-22(18)24(20)32-27/h2-8,13,15-17,19H,9-12,14H2,1H3,(H,31,34). The molecule has 7 nitrogen and oxygen atoms in total. The molecule has 6 rings (SSSR count). The van der Waals surface area contributed by atoms with Crippen LogP contribution >= 0.6 is 0 Å². The van der Waals surface area contributed by atoms with Gasteiger partial charge in [-0.1, -0.05) is 30.3 Å². The van der Waals surface area contributed by atoms with Crippen molar-refractivity contribution in [1.82, 2.24) is 30.0 Å². The fourth-order valence-corrected chi connectivity index (χ4v) is 4.78. The molecule has 34 heavy (non-hydrogen) atoms. The molecule has 0 saturated heterocycles. The fourth-order valence-electron chi connectivity index (χ4n) is 4.78. The first-order valence-corrected chi connectivity index (χ1v) is 11.9. The van der Waals surface area contributed by atoms with Crippen molar-refractivity contribution >= 4 is 5.91 Å². The van der Waals surface area contributed by atoms with Gasteiger partial charge in [0.05, 0.1) is 23.1 Å². The Kier molecular flexibility index (Phi) is 5.17. The Morgan fingerprint density at radius 2 is 1.88 bits per heavy atom. The number of nitrogens with zero attached hydrogens (tertiary/aromatic N) is 5. The largest absolute Gasteiger partial charge is 0.349 e. The van der Waals surface area contributed by atoms with E-state index in [2.05, 4.69) is 38.6 Å². The number of aromatic nitrogens is 5. The molecule has 1 fully saturated rings. The molecule has 0 radical (unpaired) electrons. The summed E-state index contributed by atoms with van der Waals surface area (Å²) in [5, 5.41) is 7.71. The number of fused-ring (bicyclic) bond motifs is 3. The highest BCUT2D eigenvalue weighted by atomic mass is 16.1. The highest BCUT2D eigenvalue weighted by Gasteiger charge is 2.34. The van der Waals surface area contributed by atoms with E-state index in [-0.39, 0.29) is 11.9 Å². The van der Waals surface area contributed by atoms with Crippen molar-refractivity contribution in [1.29, 1.82) is 0 Å². The van der Waals surface area contributed by atoms with Gasteiger partial charge in [-0.15, -0.1) is 0 Å². The third kappa shape index (κ3) is 3.87. The van der Waals surface area contributed by atoms with E-state index < -0.39 is 0 Å². The second-order valence-corrected chi connectivity index (χ2v) is 9.23. The van der Waals surface area contributed by atoms with Gasteiger partial charge >= 0.3 is 0 Å². The molecule has 7 heteroatoms. The molecule has 3 aromatic heterocycles. The fraction of sp³-hybridized carbons (Fsp3) is 0.296. The lowest BCUT2D eigenvalue weighted by Gasteiger charge is -2.19. The van der Waals surface area contributed by atoms with E-state index in [1.807, 2.05) is 37.4 Å². The predicted octanol–water partition coefficient (Wildman–Crippen LogP) is 4.06. The number of hydrogen-bond donors (Lipinski definition) is 1.